The number of nitrogens with zero attached hydrogens (tertiary/aromatic N) is 3. The van der Waals surface area contributed by atoms with Gasteiger partial charge >= 0.3 is 0 Å². The molecule has 1 N–H and O–H groups in total. The summed E-state index contributed by atoms with van der Waals surface area (Å²) in [6.07, 6.45) is 0. The van der Waals surface area contributed by atoms with Gasteiger partial charge in [-0.25, -0.2) is 0 Å². The molecule has 138 valence electrons. The number of aromatic amines is 1. The topological polar surface area (TPSA) is 63.0 Å². The van der Waals surface area contributed by atoms with Gasteiger partial charge in [0, 0.05) is 27.5 Å². The number of carbonyl (C=O) groups is 1. The van der Waals surface area contributed by atoms with E-state index in [0.29, 0.717) is 5.75 Å². The number of pyridine rings is 1. The number of nitrogens with one attached hydrogen (secondary N) is 1. The fourth-order valence-electron chi connectivity index (χ4n) is 3.81. The first-order valence-corrected chi connectivity index (χ1v) is 10.1. The number of H-pyrrole nitrogens is 1. The number of benzene rings is 2. The fourth-order valence-corrected chi connectivity index (χ4v) is 4.63. The van der Waals surface area contributed by atoms with Crippen LogP contribution in [0, 0.1) is 13.8 Å². The first-order valence-electron chi connectivity index (χ1n) is 9.10. The predicted octanol–water partition coefficient (Wildman–Crippen LogP) is 4.96. The number of thioether (sulfide) groups is 1. The largest absolute Gasteiger partial charge is 0.358 e. The molecular weight excluding hydrogens is 368 g/mol. The summed E-state index contributed by atoms with van der Waals surface area (Å²) in [5, 5.41) is 11.5. The summed E-state index contributed by atoms with van der Waals surface area (Å²) in [5.74, 6) is 0.402. The monoisotopic (exact) mass is 386 g/mol. The molecule has 28 heavy (non-hydrogen) atoms. The third-order valence-electron chi connectivity index (χ3n) is 5.08. The summed E-state index contributed by atoms with van der Waals surface area (Å²) >= 11 is 1.43. The highest BCUT2D eigenvalue weighted by Gasteiger charge is 2.18. The average Bonchev–Trinajstić information content (AvgIpc) is 3.26. The number of hydrogen-bond acceptors (Lipinski definition) is 4. The molecule has 0 fully saturated rings. The highest BCUT2D eigenvalue weighted by Crippen LogP contribution is 2.28. The van der Waals surface area contributed by atoms with Crippen LogP contribution < -0.4 is 0 Å². The van der Waals surface area contributed by atoms with Crippen LogP contribution in [0.5, 0.6) is 0 Å². The van der Waals surface area contributed by atoms with Crippen LogP contribution in [0.3, 0.4) is 0 Å². The van der Waals surface area contributed by atoms with Gasteiger partial charge in [-0.2, -0.15) is 0 Å². The van der Waals surface area contributed by atoms with Gasteiger partial charge in [-0.05, 0) is 37.6 Å². The SMILES string of the molecule is Cc1[nH]c2ccccc2c1C(=O)CSc1nnc2cc(C)c3ccccc3n12. The van der Waals surface area contributed by atoms with E-state index in [0.717, 1.165) is 49.4 Å². The number of ketones is 1. The van der Waals surface area contributed by atoms with Crippen molar-refractivity contribution in [1.29, 1.82) is 0 Å². The lowest BCUT2D eigenvalue weighted by Gasteiger charge is -2.07. The van der Waals surface area contributed by atoms with E-state index in [2.05, 4.69) is 34.2 Å². The number of hydrogen-bond donors (Lipinski definition) is 1. The molecule has 0 atom stereocenters. The summed E-state index contributed by atoms with van der Waals surface area (Å²) < 4.78 is 2.03. The number of aryl methyl sites for hydroxylation is 2. The Hall–Kier alpha value is -3.12. The van der Waals surface area contributed by atoms with E-state index in [9.17, 15) is 4.79 Å². The Morgan fingerprint density at radius 2 is 1.79 bits per heavy atom. The van der Waals surface area contributed by atoms with Crippen molar-refractivity contribution in [1.82, 2.24) is 19.6 Å². The molecule has 5 rings (SSSR count). The summed E-state index contributed by atoms with van der Waals surface area (Å²) in [4.78, 5) is 16.3. The lowest BCUT2D eigenvalue weighted by atomic mass is 10.1. The van der Waals surface area contributed by atoms with E-state index in [4.69, 9.17) is 0 Å². The minimum absolute atomic E-state index is 0.0908. The second-order valence-corrected chi connectivity index (χ2v) is 7.85. The molecule has 0 radical (unpaired) electrons. The van der Waals surface area contributed by atoms with Crippen molar-refractivity contribution < 1.29 is 4.79 Å². The van der Waals surface area contributed by atoms with Crippen molar-refractivity contribution in [2.75, 3.05) is 5.75 Å². The zero-order valence-corrected chi connectivity index (χ0v) is 16.4. The van der Waals surface area contributed by atoms with Crippen LogP contribution in [-0.2, 0) is 0 Å². The Bertz CT molecular complexity index is 1370. The van der Waals surface area contributed by atoms with E-state index < -0.39 is 0 Å². The number of aromatic nitrogens is 4. The quantitative estimate of drug-likeness (QED) is 0.350. The summed E-state index contributed by atoms with van der Waals surface area (Å²) in [5.41, 5.74) is 5.67. The number of fused-ring (bicyclic) bond motifs is 4. The number of carbonyl (C=O) groups excluding carboxylic acids is 1. The molecular formula is C22H18N4OS. The molecule has 0 spiro atoms. The summed E-state index contributed by atoms with van der Waals surface area (Å²) in [7, 11) is 0. The fraction of sp³-hybridized carbons (Fsp3) is 0.136. The zero-order chi connectivity index (χ0) is 19.3. The van der Waals surface area contributed by atoms with Crippen molar-refractivity contribution in [3.63, 3.8) is 0 Å². The molecule has 0 saturated heterocycles. The van der Waals surface area contributed by atoms with Gasteiger partial charge in [-0.15, -0.1) is 10.2 Å². The zero-order valence-electron chi connectivity index (χ0n) is 15.6. The van der Waals surface area contributed by atoms with E-state index >= 15 is 0 Å². The Kier molecular flexibility index (Phi) is 3.94. The summed E-state index contributed by atoms with van der Waals surface area (Å²) in [6.45, 7) is 4.02. The molecule has 5 aromatic rings. The van der Waals surface area contributed by atoms with E-state index in [1.807, 2.05) is 53.8 Å². The standard InChI is InChI=1S/C22H18N4OS/c1-13-11-20-24-25-22(26(20)18-10-6-4-7-15(13)18)28-12-19(27)21-14(2)23-17-9-5-3-8-16(17)21/h3-11,23H,12H2,1-2H3. The average molecular weight is 386 g/mol. The van der Waals surface area contributed by atoms with Crippen LogP contribution in [0.1, 0.15) is 21.6 Å². The second kappa shape index (κ2) is 6.49. The Morgan fingerprint density at radius 3 is 2.64 bits per heavy atom. The normalized spacial score (nSPS) is 11.6. The summed E-state index contributed by atoms with van der Waals surface area (Å²) in [6, 6.07) is 18.1. The Labute approximate surface area is 165 Å². The predicted molar refractivity (Wildman–Crippen MR) is 113 cm³/mol. The third-order valence-corrected chi connectivity index (χ3v) is 6.01. The highest BCUT2D eigenvalue weighted by atomic mass is 32.2. The molecule has 0 aliphatic carbocycles. The molecule has 6 heteroatoms. The van der Waals surface area contributed by atoms with Gasteiger partial charge in [0.15, 0.2) is 16.6 Å². The lowest BCUT2D eigenvalue weighted by molar-refractivity contribution is 0.102. The molecule has 2 aromatic carbocycles. The molecule has 0 aliphatic rings. The molecule has 3 heterocycles. The minimum Gasteiger partial charge on any atom is -0.358 e. The van der Waals surface area contributed by atoms with Gasteiger partial charge in [0.2, 0.25) is 0 Å². The molecule has 0 unspecified atom stereocenters. The van der Waals surface area contributed by atoms with E-state index in [1.54, 1.807) is 0 Å². The van der Waals surface area contributed by atoms with Gasteiger partial charge < -0.3 is 4.98 Å². The number of Topliss-reactive ketones (excluding diaryl/α,β-unsaturated/α-hetero) is 1. The van der Waals surface area contributed by atoms with Crippen molar-refractivity contribution in [3.8, 4) is 0 Å². The number of rotatable bonds is 4. The van der Waals surface area contributed by atoms with Crippen molar-refractivity contribution in [3.05, 3.63) is 71.4 Å². The lowest BCUT2D eigenvalue weighted by Crippen LogP contribution is -2.04. The van der Waals surface area contributed by atoms with E-state index in [-0.39, 0.29) is 5.78 Å². The van der Waals surface area contributed by atoms with Crippen molar-refractivity contribution in [2.24, 2.45) is 0 Å². The molecule has 3 aromatic heterocycles. The van der Waals surface area contributed by atoms with Gasteiger partial charge in [-0.3, -0.25) is 9.20 Å². The Morgan fingerprint density at radius 1 is 1.04 bits per heavy atom. The van der Waals surface area contributed by atoms with Crippen LogP contribution in [0.25, 0.3) is 27.5 Å². The van der Waals surface area contributed by atoms with Gasteiger partial charge in [0.05, 0.1) is 11.3 Å². The maximum Gasteiger partial charge on any atom is 0.196 e. The highest BCUT2D eigenvalue weighted by molar-refractivity contribution is 7.99. The van der Waals surface area contributed by atoms with Crippen LogP contribution in [0.2, 0.25) is 0 Å². The van der Waals surface area contributed by atoms with Crippen molar-refractivity contribution >= 4 is 45.0 Å². The Balaban J connectivity index is 1.52. The number of para-hydroxylation sites is 2. The molecule has 0 amide bonds. The van der Waals surface area contributed by atoms with Gasteiger partial charge in [-0.1, -0.05) is 48.2 Å². The van der Waals surface area contributed by atoms with Gasteiger partial charge in [0.1, 0.15) is 0 Å². The maximum atomic E-state index is 13.0. The van der Waals surface area contributed by atoms with Gasteiger partial charge in [0.25, 0.3) is 0 Å². The molecule has 0 saturated carbocycles. The first-order chi connectivity index (χ1) is 13.6. The van der Waals surface area contributed by atoms with Crippen molar-refractivity contribution in [2.45, 2.75) is 19.0 Å². The smallest absolute Gasteiger partial charge is 0.196 e. The minimum atomic E-state index is 0.0908. The third kappa shape index (κ3) is 2.60. The molecule has 0 aliphatic heterocycles. The second-order valence-electron chi connectivity index (χ2n) is 6.90. The van der Waals surface area contributed by atoms with Crippen LogP contribution in [-0.4, -0.2) is 31.1 Å². The molecule has 5 nitrogen and oxygen atoms in total. The van der Waals surface area contributed by atoms with Crippen LogP contribution in [0.4, 0.5) is 0 Å². The van der Waals surface area contributed by atoms with E-state index in [1.165, 1.54) is 11.8 Å². The first kappa shape index (κ1) is 17.0. The van der Waals surface area contributed by atoms with Crippen LogP contribution >= 0.6 is 11.8 Å². The van der Waals surface area contributed by atoms with Crippen LogP contribution in [0.15, 0.2) is 59.8 Å². The molecule has 0 bridgehead atoms. The maximum absolute atomic E-state index is 13.0.